The molecule has 7 aromatic carbocycles. The standard InChI is InChI=1S/C52H47N3O6/c1-3-5-7-9-11-35(12-10-8-6-4-2)55-50(58)42-27-23-38-36-21-25-40-46-41(26-22-37(44(36)46)39-24-28-43(51(55)59)47(42)45(38)39)49(57)54(48(40)56)30-32-15-13-31(14-16-32)29-53-34-19-17-33(18-20-34)52(60)61/h13-29,35H,3-12,30H2,1-2H3,(H,60,61). The first-order chi connectivity index (χ1) is 29.7. The van der Waals surface area contributed by atoms with Gasteiger partial charge in [-0.25, -0.2) is 4.79 Å². The summed E-state index contributed by atoms with van der Waals surface area (Å²) < 4.78 is 0. The third-order valence-corrected chi connectivity index (χ3v) is 12.7. The van der Waals surface area contributed by atoms with Gasteiger partial charge in [0.05, 0.1) is 17.8 Å². The van der Waals surface area contributed by atoms with Crippen molar-refractivity contribution in [1.29, 1.82) is 0 Å². The number of hydrogen-bond donors (Lipinski definition) is 1. The van der Waals surface area contributed by atoms with Crippen molar-refractivity contribution in [3.63, 3.8) is 0 Å². The molecule has 0 bridgehead atoms. The topological polar surface area (TPSA) is 124 Å². The van der Waals surface area contributed by atoms with E-state index >= 15 is 0 Å². The molecule has 9 heteroatoms. The molecule has 306 valence electrons. The van der Waals surface area contributed by atoms with E-state index in [0.29, 0.717) is 38.7 Å². The van der Waals surface area contributed by atoms with Gasteiger partial charge in [-0.2, -0.15) is 0 Å². The molecule has 0 saturated heterocycles. The number of aliphatic imine (C=N–C) groups is 1. The monoisotopic (exact) mass is 809 g/mol. The maximum absolute atomic E-state index is 14.5. The molecule has 1 N–H and O–H groups in total. The Morgan fingerprint density at radius 2 is 1.02 bits per heavy atom. The summed E-state index contributed by atoms with van der Waals surface area (Å²) in [4.78, 5) is 75.9. The quantitative estimate of drug-likeness (QED) is 0.0341. The molecule has 9 nitrogen and oxygen atoms in total. The number of amides is 4. The van der Waals surface area contributed by atoms with Crippen LogP contribution in [0.2, 0.25) is 0 Å². The zero-order chi connectivity index (χ0) is 42.4. The van der Waals surface area contributed by atoms with E-state index in [1.807, 2.05) is 60.7 Å². The van der Waals surface area contributed by atoms with Crippen molar-refractivity contribution in [2.75, 3.05) is 0 Å². The molecule has 0 atom stereocenters. The highest BCUT2D eigenvalue weighted by molar-refractivity contribution is 6.41. The molecule has 2 heterocycles. The molecule has 2 aliphatic heterocycles. The Morgan fingerprint density at radius 1 is 0.557 bits per heavy atom. The summed E-state index contributed by atoms with van der Waals surface area (Å²) in [6, 6.07) is 28.7. The van der Waals surface area contributed by atoms with Gasteiger partial charge < -0.3 is 5.11 Å². The molecular weight excluding hydrogens is 763 g/mol. The number of aromatic carboxylic acids is 1. The van der Waals surface area contributed by atoms with Gasteiger partial charge in [-0.05, 0) is 105 Å². The maximum atomic E-state index is 14.5. The lowest BCUT2D eigenvalue weighted by atomic mass is 9.82. The van der Waals surface area contributed by atoms with Crippen molar-refractivity contribution in [2.24, 2.45) is 4.99 Å². The van der Waals surface area contributed by atoms with Gasteiger partial charge in [-0.15, -0.1) is 0 Å². The largest absolute Gasteiger partial charge is 0.478 e. The van der Waals surface area contributed by atoms with Gasteiger partial charge in [0.25, 0.3) is 23.6 Å². The summed E-state index contributed by atoms with van der Waals surface area (Å²) >= 11 is 0. The predicted molar refractivity (Wildman–Crippen MR) is 241 cm³/mol. The smallest absolute Gasteiger partial charge is 0.335 e. The number of carbonyl (C=O) groups excluding carboxylic acids is 4. The van der Waals surface area contributed by atoms with E-state index in [0.717, 1.165) is 108 Å². The van der Waals surface area contributed by atoms with Crippen LogP contribution in [-0.2, 0) is 6.54 Å². The Balaban J connectivity index is 1.03. The number of unbranched alkanes of at least 4 members (excludes halogenated alkanes) is 6. The molecule has 0 aromatic heterocycles. The van der Waals surface area contributed by atoms with Gasteiger partial charge in [0.1, 0.15) is 0 Å². The van der Waals surface area contributed by atoms with Crippen LogP contribution in [0.25, 0.3) is 43.1 Å². The summed E-state index contributed by atoms with van der Waals surface area (Å²) in [6.07, 6.45) is 12.0. The lowest BCUT2D eigenvalue weighted by Crippen LogP contribution is -2.47. The summed E-state index contributed by atoms with van der Waals surface area (Å²) in [7, 11) is 0. The third-order valence-electron chi connectivity index (χ3n) is 12.7. The van der Waals surface area contributed by atoms with Crippen molar-refractivity contribution < 1.29 is 29.1 Å². The first kappa shape index (κ1) is 39.7. The second kappa shape index (κ2) is 16.4. The molecular formula is C52H47N3O6. The lowest BCUT2D eigenvalue weighted by molar-refractivity contribution is 0.0513. The minimum atomic E-state index is -0.998. The first-order valence-electron chi connectivity index (χ1n) is 21.6. The number of carbonyl (C=O) groups is 5. The fraction of sp³-hybridized carbons (Fsp3) is 0.269. The number of carboxylic acid groups (broad SMARTS) is 1. The summed E-state index contributed by atoms with van der Waals surface area (Å²) in [6.45, 7) is 4.46. The Hall–Kier alpha value is -6.74. The van der Waals surface area contributed by atoms with Crippen LogP contribution in [-0.4, -0.2) is 56.8 Å². The van der Waals surface area contributed by atoms with Crippen LogP contribution in [0.15, 0.2) is 102 Å². The Labute approximate surface area is 354 Å². The van der Waals surface area contributed by atoms with E-state index < -0.39 is 5.97 Å². The predicted octanol–water partition coefficient (Wildman–Crippen LogP) is 11.9. The van der Waals surface area contributed by atoms with E-state index in [-0.39, 0.29) is 41.8 Å². The number of hydrogen-bond acceptors (Lipinski definition) is 6. The van der Waals surface area contributed by atoms with E-state index in [1.54, 1.807) is 35.4 Å². The van der Waals surface area contributed by atoms with Crippen LogP contribution in [0.3, 0.4) is 0 Å². The zero-order valence-electron chi connectivity index (χ0n) is 34.5. The number of rotatable bonds is 16. The molecule has 0 spiro atoms. The molecule has 7 aromatic rings. The van der Waals surface area contributed by atoms with Crippen molar-refractivity contribution in [1.82, 2.24) is 9.80 Å². The average molecular weight is 810 g/mol. The molecule has 0 fully saturated rings. The molecule has 0 saturated carbocycles. The minimum absolute atomic E-state index is 0.0846. The normalized spacial score (nSPS) is 14.1. The SMILES string of the molecule is CCCCCCC(CCCCCC)N1C(=O)c2ccc3c4ccc5c6c(ccc(c7ccc(c2c37)C1=O)c64)C(=O)N(Cc1ccc(C=Nc2ccc(C(=O)O)cc2)cc1)C5=O. The highest BCUT2D eigenvalue weighted by Gasteiger charge is 2.39. The van der Waals surface area contributed by atoms with E-state index in [2.05, 4.69) is 18.8 Å². The molecule has 0 radical (unpaired) electrons. The van der Waals surface area contributed by atoms with Gasteiger partial charge in [-0.3, -0.25) is 34.0 Å². The van der Waals surface area contributed by atoms with Crippen LogP contribution >= 0.6 is 0 Å². The molecule has 2 aliphatic rings. The summed E-state index contributed by atoms with van der Waals surface area (Å²) in [5.74, 6) is -2.19. The van der Waals surface area contributed by atoms with E-state index in [1.165, 1.54) is 17.0 Å². The van der Waals surface area contributed by atoms with Crippen molar-refractivity contribution in [3.05, 3.63) is 136 Å². The molecule has 9 rings (SSSR count). The van der Waals surface area contributed by atoms with Gasteiger partial charge in [0.15, 0.2) is 0 Å². The average Bonchev–Trinajstić information content (AvgIpc) is 3.28. The van der Waals surface area contributed by atoms with E-state index in [4.69, 9.17) is 5.11 Å². The fourth-order valence-electron chi connectivity index (χ4n) is 9.56. The highest BCUT2D eigenvalue weighted by atomic mass is 16.4. The van der Waals surface area contributed by atoms with Gasteiger partial charge in [0, 0.05) is 45.3 Å². The van der Waals surface area contributed by atoms with Crippen LogP contribution in [0.4, 0.5) is 5.69 Å². The minimum Gasteiger partial charge on any atom is -0.478 e. The molecule has 4 amide bonds. The van der Waals surface area contributed by atoms with Gasteiger partial charge >= 0.3 is 5.97 Å². The highest BCUT2D eigenvalue weighted by Crippen LogP contribution is 2.46. The van der Waals surface area contributed by atoms with E-state index in [9.17, 15) is 24.0 Å². The number of fused-ring (bicyclic) bond motifs is 2. The molecule has 61 heavy (non-hydrogen) atoms. The number of benzene rings is 7. The Kier molecular flexibility index (Phi) is 10.7. The third kappa shape index (κ3) is 6.92. The maximum Gasteiger partial charge on any atom is 0.335 e. The first-order valence-corrected chi connectivity index (χ1v) is 21.6. The molecule has 0 unspecified atom stereocenters. The van der Waals surface area contributed by atoms with Crippen molar-refractivity contribution in [2.45, 2.75) is 90.6 Å². The van der Waals surface area contributed by atoms with Crippen LogP contribution in [0, 0.1) is 0 Å². The Morgan fingerprint density at radius 3 is 1.46 bits per heavy atom. The summed E-state index contributed by atoms with van der Waals surface area (Å²) in [5, 5.41) is 15.6. The lowest BCUT2D eigenvalue weighted by Gasteiger charge is -2.35. The zero-order valence-corrected chi connectivity index (χ0v) is 34.5. The van der Waals surface area contributed by atoms with Crippen LogP contribution in [0.1, 0.15) is 141 Å². The Bertz CT molecular complexity index is 2800. The second-order valence-electron chi connectivity index (χ2n) is 16.5. The van der Waals surface area contributed by atoms with Crippen LogP contribution < -0.4 is 0 Å². The number of nitrogens with zero attached hydrogens (tertiary/aromatic N) is 3. The van der Waals surface area contributed by atoms with Gasteiger partial charge in [0.2, 0.25) is 0 Å². The number of carboxylic acids is 1. The molecule has 0 aliphatic carbocycles. The van der Waals surface area contributed by atoms with Crippen LogP contribution in [0.5, 0.6) is 0 Å². The number of imide groups is 2. The second-order valence-corrected chi connectivity index (χ2v) is 16.5. The van der Waals surface area contributed by atoms with Crippen molar-refractivity contribution in [3.8, 4) is 0 Å². The summed E-state index contributed by atoms with van der Waals surface area (Å²) in [5.41, 5.74) is 4.37. The fourth-order valence-corrected chi connectivity index (χ4v) is 9.56. The van der Waals surface area contributed by atoms with Gasteiger partial charge in [-0.1, -0.05) is 114 Å². The van der Waals surface area contributed by atoms with Crippen molar-refractivity contribution >= 4 is 84.6 Å².